The lowest BCUT2D eigenvalue weighted by Gasteiger charge is -2.18. The molecule has 5 nitrogen and oxygen atoms in total. The van der Waals surface area contributed by atoms with Crippen molar-refractivity contribution in [2.75, 3.05) is 6.54 Å². The molecule has 2 rings (SSSR count). The van der Waals surface area contributed by atoms with Crippen molar-refractivity contribution in [1.82, 2.24) is 20.1 Å². The van der Waals surface area contributed by atoms with E-state index in [0.717, 1.165) is 30.3 Å². The predicted octanol–water partition coefficient (Wildman–Crippen LogP) is 2.96. The minimum absolute atomic E-state index is 0.208. The highest BCUT2D eigenvalue weighted by atomic mass is 16.3. The van der Waals surface area contributed by atoms with Gasteiger partial charge >= 0.3 is 0 Å². The molecule has 0 radical (unpaired) electrons. The minimum atomic E-state index is 0.208. The number of aromatic nitrogens is 3. The summed E-state index contributed by atoms with van der Waals surface area (Å²) in [6.45, 7) is 11.3. The minimum Gasteiger partial charge on any atom is -0.466 e. The zero-order chi connectivity index (χ0) is 14.7. The van der Waals surface area contributed by atoms with Crippen molar-refractivity contribution in [1.29, 1.82) is 0 Å². The van der Waals surface area contributed by atoms with Crippen molar-refractivity contribution < 1.29 is 4.42 Å². The molecule has 0 aromatic carbocycles. The third-order valence-corrected chi connectivity index (χ3v) is 3.43. The van der Waals surface area contributed by atoms with Crippen molar-refractivity contribution in [3.63, 3.8) is 0 Å². The van der Waals surface area contributed by atoms with E-state index in [4.69, 9.17) is 4.42 Å². The van der Waals surface area contributed by atoms with Crippen LogP contribution in [0.2, 0.25) is 0 Å². The quantitative estimate of drug-likeness (QED) is 0.881. The molecular weight excluding hydrogens is 252 g/mol. The van der Waals surface area contributed by atoms with Crippen molar-refractivity contribution in [3.05, 3.63) is 35.3 Å². The topological polar surface area (TPSA) is 55.9 Å². The van der Waals surface area contributed by atoms with Crippen molar-refractivity contribution in [2.45, 2.75) is 53.1 Å². The number of likely N-dealkylation sites (N-methyl/N-ethyl adjacent to an activating group) is 1. The number of nitrogens with one attached hydrogen (secondary N) is 1. The van der Waals surface area contributed by atoms with Crippen LogP contribution in [0.1, 0.15) is 55.8 Å². The summed E-state index contributed by atoms with van der Waals surface area (Å²) in [7, 11) is 0. The van der Waals surface area contributed by atoms with Crippen LogP contribution in [0.4, 0.5) is 0 Å². The first-order chi connectivity index (χ1) is 9.52. The second-order valence-electron chi connectivity index (χ2n) is 5.40. The van der Waals surface area contributed by atoms with E-state index in [1.807, 2.05) is 18.5 Å². The molecule has 0 aliphatic rings. The number of furan rings is 1. The van der Waals surface area contributed by atoms with Crippen LogP contribution in [-0.4, -0.2) is 21.3 Å². The SMILES string of the molecule is CCNC(Cc1ncnn1C(C)C)c1cc(C)oc1C. The first-order valence-corrected chi connectivity index (χ1v) is 7.21. The molecule has 5 heteroatoms. The molecule has 0 aliphatic heterocycles. The molecule has 0 saturated heterocycles. The van der Waals surface area contributed by atoms with Crippen LogP contribution in [0.5, 0.6) is 0 Å². The van der Waals surface area contributed by atoms with Gasteiger partial charge in [0.05, 0.1) is 0 Å². The van der Waals surface area contributed by atoms with Crippen LogP contribution in [0.3, 0.4) is 0 Å². The molecule has 1 unspecified atom stereocenters. The summed E-state index contributed by atoms with van der Waals surface area (Å²) in [4.78, 5) is 4.40. The molecule has 0 spiro atoms. The molecule has 20 heavy (non-hydrogen) atoms. The van der Waals surface area contributed by atoms with Gasteiger partial charge in [-0.15, -0.1) is 0 Å². The van der Waals surface area contributed by atoms with Gasteiger partial charge in [-0.2, -0.15) is 5.10 Å². The Kier molecular flexibility index (Phi) is 4.60. The number of hydrogen-bond acceptors (Lipinski definition) is 4. The Bertz CT molecular complexity index is 556. The van der Waals surface area contributed by atoms with E-state index in [-0.39, 0.29) is 6.04 Å². The highest BCUT2D eigenvalue weighted by molar-refractivity contribution is 5.25. The molecule has 2 aromatic heterocycles. The van der Waals surface area contributed by atoms with Gasteiger partial charge in [-0.25, -0.2) is 9.67 Å². The molecule has 1 N–H and O–H groups in total. The van der Waals surface area contributed by atoms with Crippen LogP contribution in [-0.2, 0) is 6.42 Å². The van der Waals surface area contributed by atoms with Crippen molar-refractivity contribution in [2.24, 2.45) is 0 Å². The summed E-state index contributed by atoms with van der Waals surface area (Å²) in [5.74, 6) is 2.93. The number of aryl methyl sites for hydroxylation is 2. The molecule has 110 valence electrons. The third-order valence-electron chi connectivity index (χ3n) is 3.43. The summed E-state index contributed by atoms with van der Waals surface area (Å²) in [5, 5.41) is 7.82. The molecule has 0 aliphatic carbocycles. The molecule has 0 bridgehead atoms. The zero-order valence-corrected chi connectivity index (χ0v) is 13.0. The summed E-state index contributed by atoms with van der Waals surface area (Å²) in [6, 6.07) is 2.64. The zero-order valence-electron chi connectivity index (χ0n) is 13.0. The lowest BCUT2D eigenvalue weighted by atomic mass is 10.0. The predicted molar refractivity (Wildman–Crippen MR) is 78.7 cm³/mol. The fraction of sp³-hybridized carbons (Fsp3) is 0.600. The van der Waals surface area contributed by atoms with Crippen LogP contribution in [0.25, 0.3) is 0 Å². The fourth-order valence-corrected chi connectivity index (χ4v) is 2.57. The van der Waals surface area contributed by atoms with Gasteiger partial charge in [-0.1, -0.05) is 6.92 Å². The van der Waals surface area contributed by atoms with Gasteiger partial charge in [0.25, 0.3) is 0 Å². The van der Waals surface area contributed by atoms with Gasteiger partial charge in [-0.05, 0) is 40.3 Å². The Balaban J connectivity index is 2.25. The first kappa shape index (κ1) is 14.8. The summed E-state index contributed by atoms with van der Waals surface area (Å²) in [6.07, 6.45) is 2.44. The second kappa shape index (κ2) is 6.22. The molecular formula is C15H24N4O. The Morgan fingerprint density at radius 2 is 2.10 bits per heavy atom. The lowest BCUT2D eigenvalue weighted by molar-refractivity contribution is 0.457. The van der Waals surface area contributed by atoms with E-state index >= 15 is 0 Å². The monoisotopic (exact) mass is 276 g/mol. The van der Waals surface area contributed by atoms with Crippen LogP contribution in [0.15, 0.2) is 16.8 Å². The normalized spacial score (nSPS) is 13.1. The van der Waals surface area contributed by atoms with E-state index in [1.54, 1.807) is 6.33 Å². The summed E-state index contributed by atoms with van der Waals surface area (Å²) in [5.41, 5.74) is 1.21. The lowest BCUT2D eigenvalue weighted by Crippen LogP contribution is -2.25. The van der Waals surface area contributed by atoms with Gasteiger partial charge in [0, 0.05) is 24.1 Å². The molecule has 0 amide bonds. The van der Waals surface area contributed by atoms with Gasteiger partial charge in [-0.3, -0.25) is 0 Å². The first-order valence-electron chi connectivity index (χ1n) is 7.21. The van der Waals surface area contributed by atoms with Gasteiger partial charge in [0.1, 0.15) is 23.7 Å². The largest absolute Gasteiger partial charge is 0.466 e. The maximum absolute atomic E-state index is 5.66. The van der Waals surface area contributed by atoms with E-state index in [1.165, 1.54) is 5.56 Å². The van der Waals surface area contributed by atoms with E-state index in [2.05, 4.69) is 42.2 Å². The summed E-state index contributed by atoms with van der Waals surface area (Å²) >= 11 is 0. The fourth-order valence-electron chi connectivity index (χ4n) is 2.57. The molecule has 1 atom stereocenters. The van der Waals surface area contributed by atoms with E-state index < -0.39 is 0 Å². The van der Waals surface area contributed by atoms with E-state index in [0.29, 0.717) is 6.04 Å². The van der Waals surface area contributed by atoms with Crippen LogP contribution in [0, 0.1) is 13.8 Å². The van der Waals surface area contributed by atoms with Crippen LogP contribution >= 0.6 is 0 Å². The van der Waals surface area contributed by atoms with E-state index in [9.17, 15) is 0 Å². The molecule has 2 aromatic rings. The maximum Gasteiger partial charge on any atom is 0.138 e. The van der Waals surface area contributed by atoms with Gasteiger partial charge < -0.3 is 9.73 Å². The number of rotatable bonds is 6. The van der Waals surface area contributed by atoms with Gasteiger partial charge in [0.15, 0.2) is 0 Å². The highest BCUT2D eigenvalue weighted by Crippen LogP contribution is 2.24. The summed E-state index contributed by atoms with van der Waals surface area (Å²) < 4.78 is 7.63. The average Bonchev–Trinajstić information content (AvgIpc) is 2.95. The Hall–Kier alpha value is -1.62. The smallest absolute Gasteiger partial charge is 0.138 e. The number of nitrogens with zero attached hydrogens (tertiary/aromatic N) is 3. The Morgan fingerprint density at radius 1 is 1.35 bits per heavy atom. The molecule has 2 heterocycles. The van der Waals surface area contributed by atoms with Crippen molar-refractivity contribution in [3.8, 4) is 0 Å². The van der Waals surface area contributed by atoms with Gasteiger partial charge in [0.2, 0.25) is 0 Å². The highest BCUT2D eigenvalue weighted by Gasteiger charge is 2.20. The van der Waals surface area contributed by atoms with Crippen molar-refractivity contribution >= 4 is 0 Å². The second-order valence-corrected chi connectivity index (χ2v) is 5.40. The Morgan fingerprint density at radius 3 is 2.65 bits per heavy atom. The standard InChI is InChI=1S/C15H24N4O/c1-6-16-14(13-7-11(4)20-12(13)5)8-15-17-9-18-19(15)10(2)3/h7,9-10,14,16H,6,8H2,1-5H3. The maximum atomic E-state index is 5.66. The Labute approximate surface area is 120 Å². The van der Waals surface area contributed by atoms with Crippen LogP contribution < -0.4 is 5.32 Å². The number of hydrogen-bond donors (Lipinski definition) is 1. The molecule has 0 fully saturated rings. The molecule has 0 saturated carbocycles. The third kappa shape index (κ3) is 3.10. The average molecular weight is 276 g/mol.